The predicted octanol–water partition coefficient (Wildman–Crippen LogP) is 5.14. The zero-order valence-electron chi connectivity index (χ0n) is 21.8. The lowest BCUT2D eigenvalue weighted by molar-refractivity contribution is -0.137. The molecule has 0 spiro atoms. The van der Waals surface area contributed by atoms with Gasteiger partial charge >= 0.3 is 6.09 Å². The van der Waals surface area contributed by atoms with Crippen LogP contribution in [0.3, 0.4) is 0 Å². The van der Waals surface area contributed by atoms with Crippen LogP contribution in [0, 0.1) is 27.7 Å². The molecule has 188 valence electrons. The Morgan fingerprint density at radius 1 is 1.03 bits per heavy atom. The highest BCUT2D eigenvalue weighted by molar-refractivity contribution is 5.99. The van der Waals surface area contributed by atoms with E-state index >= 15 is 0 Å². The van der Waals surface area contributed by atoms with E-state index in [-0.39, 0.29) is 19.0 Å². The Bertz CT molecular complexity index is 1080. The lowest BCUT2D eigenvalue weighted by Crippen LogP contribution is -2.46. The maximum atomic E-state index is 13.8. The number of hydrogen-bond donors (Lipinski definition) is 2. The molecule has 2 rings (SSSR count). The molecule has 0 aliphatic carbocycles. The summed E-state index contributed by atoms with van der Waals surface area (Å²) >= 11 is 0. The number of para-hydroxylation sites is 1. The molecule has 3 amide bonds. The van der Waals surface area contributed by atoms with Crippen LogP contribution >= 0.6 is 0 Å². The van der Waals surface area contributed by atoms with Gasteiger partial charge in [0.15, 0.2) is 0 Å². The molecule has 1 unspecified atom stereocenters. The van der Waals surface area contributed by atoms with E-state index in [1.54, 1.807) is 26.8 Å². The second-order valence-electron chi connectivity index (χ2n) is 9.71. The van der Waals surface area contributed by atoms with Crippen molar-refractivity contribution in [1.82, 2.24) is 10.2 Å². The van der Waals surface area contributed by atoms with E-state index in [2.05, 4.69) is 17.2 Å². The van der Waals surface area contributed by atoms with Crippen molar-refractivity contribution in [2.24, 2.45) is 0 Å². The number of nitrogens with one attached hydrogen (secondary N) is 2. The Morgan fingerprint density at radius 2 is 1.66 bits per heavy atom. The number of ether oxygens (including phenoxy) is 1. The van der Waals surface area contributed by atoms with Crippen LogP contribution in [0.4, 0.5) is 10.5 Å². The van der Waals surface area contributed by atoms with E-state index in [1.807, 2.05) is 64.1 Å². The van der Waals surface area contributed by atoms with Gasteiger partial charge < -0.3 is 20.3 Å². The van der Waals surface area contributed by atoms with Crippen molar-refractivity contribution in [3.8, 4) is 0 Å². The van der Waals surface area contributed by atoms with Gasteiger partial charge in [-0.15, -0.1) is 6.58 Å². The summed E-state index contributed by atoms with van der Waals surface area (Å²) in [5, 5.41) is 5.53. The predicted molar refractivity (Wildman–Crippen MR) is 139 cm³/mol. The molecule has 0 aliphatic heterocycles. The molecule has 2 N–H and O–H groups in total. The summed E-state index contributed by atoms with van der Waals surface area (Å²) in [5.74, 6) is -0.776. The summed E-state index contributed by atoms with van der Waals surface area (Å²) in [5.41, 5.74) is 4.41. The van der Waals surface area contributed by atoms with Gasteiger partial charge in [-0.25, -0.2) is 4.79 Å². The lowest BCUT2D eigenvalue weighted by Gasteiger charge is -2.32. The van der Waals surface area contributed by atoms with Crippen LogP contribution in [-0.4, -0.2) is 41.5 Å². The molecule has 0 saturated carbocycles. The van der Waals surface area contributed by atoms with Crippen molar-refractivity contribution in [3.05, 3.63) is 76.9 Å². The van der Waals surface area contributed by atoms with Crippen molar-refractivity contribution in [3.63, 3.8) is 0 Å². The van der Waals surface area contributed by atoms with Crippen LogP contribution in [0.2, 0.25) is 0 Å². The van der Waals surface area contributed by atoms with Gasteiger partial charge in [-0.1, -0.05) is 48.0 Å². The van der Waals surface area contributed by atoms with Gasteiger partial charge in [0.2, 0.25) is 5.91 Å². The van der Waals surface area contributed by atoms with Crippen LogP contribution in [0.25, 0.3) is 0 Å². The van der Waals surface area contributed by atoms with Crippen LogP contribution in [0.5, 0.6) is 0 Å². The highest BCUT2D eigenvalue weighted by atomic mass is 16.6. The molecule has 0 fully saturated rings. The fourth-order valence-corrected chi connectivity index (χ4v) is 3.76. The third-order valence-corrected chi connectivity index (χ3v) is 5.45. The fraction of sp³-hybridized carbons (Fsp3) is 0.393. The zero-order chi connectivity index (χ0) is 26.3. The molecular weight excluding hydrogens is 442 g/mol. The maximum Gasteiger partial charge on any atom is 0.408 e. The summed E-state index contributed by atoms with van der Waals surface area (Å²) in [6.45, 7) is 16.5. The summed E-state index contributed by atoms with van der Waals surface area (Å²) in [6, 6.07) is 10.6. The highest BCUT2D eigenvalue weighted by Gasteiger charge is 2.33. The number of alkyl carbamates (subject to hydrolysis) is 1. The van der Waals surface area contributed by atoms with Gasteiger partial charge in [-0.3, -0.25) is 9.59 Å². The second kappa shape index (κ2) is 11.7. The van der Waals surface area contributed by atoms with Crippen LogP contribution in [0.1, 0.15) is 54.6 Å². The van der Waals surface area contributed by atoms with Crippen molar-refractivity contribution in [1.29, 1.82) is 0 Å². The Morgan fingerprint density at radius 3 is 2.23 bits per heavy atom. The molecule has 7 nitrogen and oxygen atoms in total. The number of carbonyl (C=O) groups is 3. The van der Waals surface area contributed by atoms with Crippen LogP contribution < -0.4 is 10.6 Å². The largest absolute Gasteiger partial charge is 0.444 e. The Kier molecular flexibility index (Phi) is 9.23. The summed E-state index contributed by atoms with van der Waals surface area (Å²) in [6.07, 6.45) is 0.864. The Hall–Kier alpha value is -3.61. The van der Waals surface area contributed by atoms with E-state index in [4.69, 9.17) is 4.74 Å². The number of hydrogen-bond acceptors (Lipinski definition) is 4. The second-order valence-corrected chi connectivity index (χ2v) is 9.71. The fourth-order valence-electron chi connectivity index (χ4n) is 3.76. The maximum absolute atomic E-state index is 13.8. The SMILES string of the molecule is C=CCN(C(=O)CNC(=O)OC(C)(C)C)C(C(=O)Nc1c(C)cccc1C)c1cc(C)ccc1C. The molecule has 2 aromatic carbocycles. The first-order chi connectivity index (χ1) is 16.3. The summed E-state index contributed by atoms with van der Waals surface area (Å²) < 4.78 is 5.24. The molecule has 0 saturated heterocycles. The van der Waals surface area contributed by atoms with E-state index in [0.717, 1.165) is 22.3 Å². The molecule has 0 bridgehead atoms. The van der Waals surface area contributed by atoms with E-state index in [9.17, 15) is 14.4 Å². The Labute approximate surface area is 208 Å². The summed E-state index contributed by atoms with van der Waals surface area (Å²) in [4.78, 5) is 40.7. The minimum absolute atomic E-state index is 0.118. The average Bonchev–Trinajstić information content (AvgIpc) is 2.75. The molecular formula is C28H37N3O4. The first-order valence-electron chi connectivity index (χ1n) is 11.7. The topological polar surface area (TPSA) is 87.7 Å². The van der Waals surface area contributed by atoms with Crippen molar-refractivity contribution in [2.75, 3.05) is 18.4 Å². The van der Waals surface area contributed by atoms with Gasteiger partial charge in [0.05, 0.1) is 0 Å². The number of rotatable bonds is 8. The highest BCUT2D eigenvalue weighted by Crippen LogP contribution is 2.29. The van der Waals surface area contributed by atoms with Gasteiger partial charge in [0, 0.05) is 12.2 Å². The number of benzene rings is 2. The van der Waals surface area contributed by atoms with E-state index in [1.165, 1.54) is 4.90 Å². The monoisotopic (exact) mass is 479 g/mol. The number of amides is 3. The molecule has 2 aromatic rings. The van der Waals surface area contributed by atoms with Gasteiger partial charge in [-0.05, 0) is 70.7 Å². The third-order valence-electron chi connectivity index (χ3n) is 5.45. The zero-order valence-corrected chi connectivity index (χ0v) is 21.8. The number of anilines is 1. The minimum Gasteiger partial charge on any atom is -0.444 e. The Balaban J connectivity index is 2.44. The molecule has 0 radical (unpaired) electrons. The van der Waals surface area contributed by atoms with Gasteiger partial charge in [0.25, 0.3) is 5.91 Å². The minimum atomic E-state index is -0.931. The van der Waals surface area contributed by atoms with Gasteiger partial charge in [-0.2, -0.15) is 0 Å². The standard InChI is InChI=1S/C28H37N3O4/c1-9-15-31(23(32)17-29-27(34)35-28(6,7)8)25(22-16-18(2)13-14-19(22)3)26(33)30-24-20(4)11-10-12-21(24)5/h9-14,16,25H,1,15,17H2,2-8H3,(H,29,34)(H,30,33). The van der Waals surface area contributed by atoms with Gasteiger partial charge in [0.1, 0.15) is 18.2 Å². The summed E-state index contributed by atoms with van der Waals surface area (Å²) in [7, 11) is 0. The van der Waals surface area contributed by atoms with Crippen LogP contribution in [0.15, 0.2) is 49.1 Å². The number of nitrogens with zero attached hydrogens (tertiary/aromatic N) is 1. The van der Waals surface area contributed by atoms with E-state index in [0.29, 0.717) is 11.3 Å². The molecule has 0 aliphatic rings. The van der Waals surface area contributed by atoms with Crippen molar-refractivity contribution < 1.29 is 19.1 Å². The first kappa shape index (κ1) is 27.6. The smallest absolute Gasteiger partial charge is 0.408 e. The molecule has 0 heterocycles. The molecule has 1 atom stereocenters. The number of carbonyl (C=O) groups excluding carboxylic acids is 3. The first-order valence-corrected chi connectivity index (χ1v) is 11.7. The van der Waals surface area contributed by atoms with E-state index < -0.39 is 23.6 Å². The molecule has 0 aromatic heterocycles. The third kappa shape index (κ3) is 7.70. The molecule has 7 heteroatoms. The number of aryl methyl sites for hydroxylation is 4. The quantitative estimate of drug-likeness (QED) is 0.513. The van der Waals surface area contributed by atoms with Crippen molar-refractivity contribution in [2.45, 2.75) is 60.1 Å². The molecule has 35 heavy (non-hydrogen) atoms. The average molecular weight is 480 g/mol. The lowest BCUT2D eigenvalue weighted by atomic mass is 9.96. The van der Waals surface area contributed by atoms with Crippen LogP contribution in [-0.2, 0) is 14.3 Å². The van der Waals surface area contributed by atoms with Crippen molar-refractivity contribution >= 4 is 23.6 Å². The normalized spacial score (nSPS) is 11.9.